The minimum absolute atomic E-state index is 0.158. The number of benzene rings is 3. The molecule has 4 bridgehead atoms. The van der Waals surface area contributed by atoms with Crippen molar-refractivity contribution in [2.45, 2.75) is 125 Å². The molecule has 0 spiro atoms. The summed E-state index contributed by atoms with van der Waals surface area (Å²) in [7, 11) is 0. The molecule has 3 saturated heterocycles. The second kappa shape index (κ2) is 14.9. The SMILES string of the molecule is Cc1ccc(N2C(C3CCCN3[C@@](C(N)=O)(C(=O)OC(N)=O)C3(C)Cc4ccc3cc4)CC(C)[C@]2(C)C2CCCN2[C@@](C(N)=O)(C(=O)OC(N)=O)C2(C)Cc3ccc2cc3)cc1. The van der Waals surface area contributed by atoms with E-state index in [0.717, 1.165) is 22.4 Å². The van der Waals surface area contributed by atoms with Gasteiger partial charge in [-0.2, -0.15) is 0 Å². The van der Waals surface area contributed by atoms with Crippen LogP contribution in [0.2, 0.25) is 0 Å². The number of carbonyl (C=O) groups excluding carboxylic acids is 6. The summed E-state index contributed by atoms with van der Waals surface area (Å²) >= 11 is 0. The molecule has 15 nitrogen and oxygen atoms in total. The summed E-state index contributed by atoms with van der Waals surface area (Å²) in [5.41, 5.74) is 21.4. The molecule has 15 heteroatoms. The Bertz CT molecular complexity index is 2340. The van der Waals surface area contributed by atoms with Crippen LogP contribution in [0.3, 0.4) is 0 Å². The molecule has 3 aromatic carbocycles. The van der Waals surface area contributed by atoms with Gasteiger partial charge in [0.25, 0.3) is 11.8 Å². The topological polar surface area (TPSA) is 235 Å². The Hall–Kier alpha value is -5.80. The Labute approximate surface area is 361 Å². The lowest BCUT2D eigenvalue weighted by Gasteiger charge is -2.58. The first-order chi connectivity index (χ1) is 29.3. The maximum atomic E-state index is 14.8. The highest BCUT2D eigenvalue weighted by Gasteiger charge is 2.72. The lowest BCUT2D eigenvalue weighted by Crippen LogP contribution is -2.78. The summed E-state index contributed by atoms with van der Waals surface area (Å²) in [4.78, 5) is 89.5. The molecule has 3 aliphatic heterocycles. The van der Waals surface area contributed by atoms with E-state index in [1.54, 1.807) is 0 Å². The number of carbonyl (C=O) groups is 6. The number of ether oxygens (including phenoxy) is 2. The minimum atomic E-state index is -2.18. The number of esters is 2. The molecule has 10 rings (SSSR count). The number of rotatable bonds is 11. The average Bonchev–Trinajstić information content (AvgIpc) is 3.95. The van der Waals surface area contributed by atoms with Gasteiger partial charge in [0.15, 0.2) is 0 Å². The van der Waals surface area contributed by atoms with Gasteiger partial charge in [0.05, 0.1) is 5.54 Å². The first-order valence-corrected chi connectivity index (χ1v) is 21.5. The summed E-state index contributed by atoms with van der Waals surface area (Å²) in [5, 5.41) is 0. The highest BCUT2D eigenvalue weighted by atomic mass is 16.6. The number of nitrogens with two attached hydrogens (primary N) is 4. The normalized spacial score (nSPS) is 31.0. The lowest BCUT2D eigenvalue weighted by atomic mass is 9.58. The standard InChI is InChI=1S/C47H57N7O8/c1-27-10-20-33(21-11-27)54-35(34-8-6-22-52(34)46(37(48)55,39(57)61-41(50)59)43(3)25-29-12-16-31(43)17-13-29)24-28(2)45(54,5)36-9-7-23-53(36)47(38(49)56,40(58)62-42(51)60)44(4)26-30-14-18-32(44)19-15-30/h10-21,28,34-36H,6-9,22-26H2,1-5H3,(H2,48,55)(H2,49,56)(H2,50,59)(H2,51,60)/t28?,34?,35?,36?,43?,44?,45-,46+,47+/m1/s1. The molecule has 6 unspecified atom stereocenters. The van der Waals surface area contributed by atoms with Gasteiger partial charge in [-0.3, -0.25) is 19.4 Å². The monoisotopic (exact) mass is 847 g/mol. The van der Waals surface area contributed by atoms with Crippen LogP contribution < -0.4 is 27.8 Å². The molecule has 0 saturated carbocycles. The van der Waals surface area contributed by atoms with Crippen molar-refractivity contribution in [1.29, 1.82) is 0 Å². The smallest absolute Gasteiger partial charge is 0.375 e. The zero-order chi connectivity index (χ0) is 44.7. The second-order valence-corrected chi connectivity index (χ2v) is 18.9. The zero-order valence-corrected chi connectivity index (χ0v) is 36.0. The lowest BCUT2D eigenvalue weighted by molar-refractivity contribution is -0.167. The van der Waals surface area contributed by atoms with Gasteiger partial charge in [-0.05, 0) is 99.1 Å². The Morgan fingerprint density at radius 1 is 0.629 bits per heavy atom. The number of fused-ring (bicyclic) bond motifs is 6. The van der Waals surface area contributed by atoms with Crippen LogP contribution in [0.25, 0.3) is 0 Å². The summed E-state index contributed by atoms with van der Waals surface area (Å²) in [6, 6.07) is 21.9. The number of aryl methyl sites for hydroxylation is 1. The largest absolute Gasteiger partial charge is 0.412 e. The molecular weight excluding hydrogens is 791 g/mol. The first kappa shape index (κ1) is 42.9. The maximum Gasteiger partial charge on any atom is 0.412 e. The van der Waals surface area contributed by atoms with Crippen molar-refractivity contribution in [3.8, 4) is 0 Å². The molecule has 8 N–H and O–H groups in total. The molecule has 0 radical (unpaired) electrons. The van der Waals surface area contributed by atoms with Gasteiger partial charge in [0.2, 0.25) is 11.1 Å². The number of hydrogen-bond acceptors (Lipinski definition) is 11. The fourth-order valence-corrected chi connectivity index (χ4v) is 13.0. The predicted octanol–water partition coefficient (Wildman–Crippen LogP) is 3.62. The van der Waals surface area contributed by atoms with Crippen LogP contribution in [0.5, 0.6) is 0 Å². The van der Waals surface area contributed by atoms with Crippen molar-refractivity contribution in [2.75, 3.05) is 18.0 Å². The third-order valence-electron chi connectivity index (χ3n) is 15.9. The minimum Gasteiger partial charge on any atom is -0.375 e. The molecule has 3 fully saturated rings. The van der Waals surface area contributed by atoms with Crippen LogP contribution in [-0.4, -0.2) is 93.6 Å². The highest BCUT2D eigenvalue weighted by Crippen LogP contribution is 2.57. The number of primary amides is 4. The molecule has 3 heterocycles. The van der Waals surface area contributed by atoms with Crippen molar-refractivity contribution in [1.82, 2.24) is 9.80 Å². The molecule has 9 atom stereocenters. The van der Waals surface area contributed by atoms with E-state index < -0.39 is 81.5 Å². The molecular formula is C47H57N7O8. The third-order valence-corrected chi connectivity index (χ3v) is 15.9. The summed E-state index contributed by atoms with van der Waals surface area (Å²) in [6.07, 6.45) is 0.700. The van der Waals surface area contributed by atoms with Gasteiger partial charge in [0, 0.05) is 47.7 Å². The Kier molecular flexibility index (Phi) is 10.3. The Morgan fingerprint density at radius 2 is 1.08 bits per heavy atom. The molecule has 0 aromatic heterocycles. The van der Waals surface area contributed by atoms with Gasteiger partial charge in [0.1, 0.15) is 0 Å². The molecule has 7 aliphatic rings. The number of nitrogens with zero attached hydrogens (tertiary/aromatic N) is 3. The van der Waals surface area contributed by atoms with Gasteiger partial charge in [-0.1, -0.05) is 87.0 Å². The van der Waals surface area contributed by atoms with Crippen molar-refractivity contribution < 1.29 is 38.2 Å². The van der Waals surface area contributed by atoms with Gasteiger partial charge in [-0.25, -0.2) is 19.2 Å². The van der Waals surface area contributed by atoms with E-state index in [-0.39, 0.29) is 31.8 Å². The Balaban J connectivity index is 1.31. The number of hydrogen-bond donors (Lipinski definition) is 4. The van der Waals surface area contributed by atoms with Crippen LogP contribution in [0.1, 0.15) is 87.6 Å². The van der Waals surface area contributed by atoms with E-state index in [9.17, 15) is 28.8 Å². The summed E-state index contributed by atoms with van der Waals surface area (Å²) < 4.78 is 10.5. The van der Waals surface area contributed by atoms with Crippen molar-refractivity contribution in [3.63, 3.8) is 0 Å². The molecule has 3 aromatic rings. The van der Waals surface area contributed by atoms with Crippen molar-refractivity contribution >= 4 is 41.6 Å². The first-order valence-electron chi connectivity index (χ1n) is 21.5. The van der Waals surface area contributed by atoms with Gasteiger partial charge >= 0.3 is 24.1 Å². The van der Waals surface area contributed by atoms with E-state index in [4.69, 9.17) is 32.4 Å². The van der Waals surface area contributed by atoms with Crippen LogP contribution in [0.4, 0.5) is 15.3 Å². The highest BCUT2D eigenvalue weighted by molar-refractivity contribution is 6.12. The summed E-state index contributed by atoms with van der Waals surface area (Å²) in [6.45, 7) is 10.5. The fraction of sp³-hybridized carbons (Fsp3) is 0.489. The third kappa shape index (κ3) is 5.83. The number of likely N-dealkylation sites (tertiary alicyclic amines) is 2. The van der Waals surface area contributed by atoms with E-state index >= 15 is 0 Å². The van der Waals surface area contributed by atoms with E-state index in [1.165, 1.54) is 0 Å². The van der Waals surface area contributed by atoms with Crippen LogP contribution in [-0.2, 0) is 52.3 Å². The molecule has 4 amide bonds. The molecule has 62 heavy (non-hydrogen) atoms. The Morgan fingerprint density at radius 3 is 1.52 bits per heavy atom. The maximum absolute atomic E-state index is 14.8. The molecule has 4 aliphatic carbocycles. The average molecular weight is 848 g/mol. The second-order valence-electron chi connectivity index (χ2n) is 18.9. The van der Waals surface area contributed by atoms with Gasteiger partial charge in [-0.15, -0.1) is 0 Å². The predicted molar refractivity (Wildman–Crippen MR) is 229 cm³/mol. The van der Waals surface area contributed by atoms with Crippen LogP contribution >= 0.6 is 0 Å². The summed E-state index contributed by atoms with van der Waals surface area (Å²) in [5.74, 6) is -4.32. The van der Waals surface area contributed by atoms with E-state index in [1.807, 2.05) is 103 Å². The van der Waals surface area contributed by atoms with Gasteiger partial charge < -0.3 is 37.3 Å². The number of anilines is 1. The van der Waals surface area contributed by atoms with Crippen LogP contribution in [0, 0.1) is 12.8 Å². The van der Waals surface area contributed by atoms with Crippen molar-refractivity contribution in [2.24, 2.45) is 28.9 Å². The van der Waals surface area contributed by atoms with E-state index in [2.05, 4.69) is 18.7 Å². The zero-order valence-electron chi connectivity index (χ0n) is 36.0. The number of amides is 4. The van der Waals surface area contributed by atoms with E-state index in [0.29, 0.717) is 43.2 Å². The molecule has 328 valence electrons. The van der Waals surface area contributed by atoms with Crippen molar-refractivity contribution in [3.05, 3.63) is 101 Å². The fourth-order valence-electron chi connectivity index (χ4n) is 13.0. The quantitative estimate of drug-likeness (QED) is 0.161. The van der Waals surface area contributed by atoms with Crippen LogP contribution in [0.15, 0.2) is 72.8 Å².